The fourth-order valence-corrected chi connectivity index (χ4v) is 3.82. The van der Waals surface area contributed by atoms with E-state index in [1.54, 1.807) is 12.4 Å². The van der Waals surface area contributed by atoms with E-state index in [0.29, 0.717) is 0 Å². The summed E-state index contributed by atoms with van der Waals surface area (Å²) in [5, 5.41) is 4.36. The SMILES string of the molecule is CN1CCCN(c2ncc(-c3ccc4c(Nc5ccncn5)ccnc4c3)cn2)CC1. The standard InChI is InChI=1S/C23H24N8/c1-30-9-2-10-31(12-11-30)23-26-14-18(15-27-23)17-3-4-19-20(5-8-25-21(19)13-17)29-22-6-7-24-16-28-22/h3-8,13-16H,2,9-12H2,1H3,(H,24,25,28,29). The number of pyridine rings is 1. The van der Waals surface area contributed by atoms with Crippen molar-refractivity contribution in [1.82, 2.24) is 29.8 Å². The van der Waals surface area contributed by atoms with Crippen LogP contribution < -0.4 is 10.2 Å². The number of hydrogen-bond acceptors (Lipinski definition) is 8. The lowest BCUT2D eigenvalue weighted by Crippen LogP contribution is -2.30. The van der Waals surface area contributed by atoms with Crippen molar-refractivity contribution in [2.24, 2.45) is 0 Å². The minimum absolute atomic E-state index is 0.746. The normalized spacial score (nSPS) is 15.1. The maximum atomic E-state index is 4.65. The molecule has 31 heavy (non-hydrogen) atoms. The number of nitrogens with zero attached hydrogens (tertiary/aromatic N) is 7. The van der Waals surface area contributed by atoms with Crippen LogP contribution in [-0.2, 0) is 0 Å². The van der Waals surface area contributed by atoms with Gasteiger partial charge in [0.2, 0.25) is 5.95 Å². The zero-order valence-electron chi connectivity index (χ0n) is 17.4. The highest BCUT2D eigenvalue weighted by atomic mass is 15.3. The first-order valence-electron chi connectivity index (χ1n) is 10.4. The molecular weight excluding hydrogens is 388 g/mol. The zero-order valence-corrected chi connectivity index (χ0v) is 17.4. The Labute approximate surface area is 181 Å². The highest BCUT2D eigenvalue weighted by Crippen LogP contribution is 2.28. The molecule has 8 heteroatoms. The summed E-state index contributed by atoms with van der Waals surface area (Å²) >= 11 is 0. The van der Waals surface area contributed by atoms with E-state index in [1.165, 1.54) is 6.33 Å². The predicted molar refractivity (Wildman–Crippen MR) is 122 cm³/mol. The van der Waals surface area contributed by atoms with Crippen molar-refractivity contribution in [2.45, 2.75) is 6.42 Å². The van der Waals surface area contributed by atoms with Crippen LogP contribution in [0.4, 0.5) is 17.5 Å². The van der Waals surface area contributed by atoms with Crippen molar-refractivity contribution in [1.29, 1.82) is 0 Å². The maximum Gasteiger partial charge on any atom is 0.225 e. The predicted octanol–water partition coefficient (Wildman–Crippen LogP) is 3.37. The van der Waals surface area contributed by atoms with E-state index in [2.05, 4.69) is 65.3 Å². The number of rotatable bonds is 4. The molecule has 156 valence electrons. The third kappa shape index (κ3) is 4.29. The Kier molecular flexibility index (Phi) is 5.37. The second-order valence-electron chi connectivity index (χ2n) is 7.73. The van der Waals surface area contributed by atoms with Gasteiger partial charge in [-0.1, -0.05) is 12.1 Å². The van der Waals surface area contributed by atoms with E-state index >= 15 is 0 Å². The van der Waals surface area contributed by atoms with Crippen LogP contribution in [0.3, 0.4) is 0 Å². The van der Waals surface area contributed by atoms with E-state index in [9.17, 15) is 0 Å². The summed E-state index contributed by atoms with van der Waals surface area (Å²) in [4.78, 5) is 26.7. The van der Waals surface area contributed by atoms with Crippen molar-refractivity contribution >= 4 is 28.4 Å². The van der Waals surface area contributed by atoms with Gasteiger partial charge in [-0.2, -0.15) is 0 Å². The molecule has 0 bridgehead atoms. The summed E-state index contributed by atoms with van der Waals surface area (Å²) in [6, 6.07) is 10.00. The molecule has 0 amide bonds. The highest BCUT2D eigenvalue weighted by Gasteiger charge is 2.15. The molecule has 8 nitrogen and oxygen atoms in total. The number of aromatic nitrogens is 5. The molecule has 1 aliphatic rings. The quantitative estimate of drug-likeness (QED) is 0.546. The summed E-state index contributed by atoms with van der Waals surface area (Å²) < 4.78 is 0. The number of fused-ring (bicyclic) bond motifs is 1. The van der Waals surface area contributed by atoms with Gasteiger partial charge in [0.25, 0.3) is 0 Å². The number of anilines is 3. The van der Waals surface area contributed by atoms with Gasteiger partial charge < -0.3 is 15.1 Å². The average Bonchev–Trinajstić information content (AvgIpc) is 3.04. The molecule has 0 spiro atoms. The smallest absolute Gasteiger partial charge is 0.225 e. The molecule has 4 heterocycles. The molecular formula is C23H24N8. The van der Waals surface area contributed by atoms with Gasteiger partial charge in [-0.15, -0.1) is 0 Å². The lowest BCUT2D eigenvalue weighted by Gasteiger charge is -2.20. The summed E-state index contributed by atoms with van der Waals surface area (Å²) in [7, 11) is 2.16. The number of nitrogens with one attached hydrogen (secondary N) is 1. The van der Waals surface area contributed by atoms with Gasteiger partial charge in [-0.25, -0.2) is 19.9 Å². The average molecular weight is 413 g/mol. The monoisotopic (exact) mass is 412 g/mol. The minimum atomic E-state index is 0.746. The van der Waals surface area contributed by atoms with Gasteiger partial charge in [-0.05, 0) is 43.8 Å². The van der Waals surface area contributed by atoms with Gasteiger partial charge in [0.05, 0.1) is 11.2 Å². The second-order valence-corrected chi connectivity index (χ2v) is 7.73. The van der Waals surface area contributed by atoms with Crippen LogP contribution in [0.2, 0.25) is 0 Å². The van der Waals surface area contributed by atoms with Gasteiger partial charge in [0, 0.05) is 55.4 Å². The molecule has 0 unspecified atom stereocenters. The first-order chi connectivity index (χ1) is 15.3. The Balaban J connectivity index is 1.39. The topological polar surface area (TPSA) is 83.0 Å². The minimum Gasteiger partial charge on any atom is -0.340 e. The Morgan fingerprint density at radius 1 is 0.839 bits per heavy atom. The molecule has 5 rings (SSSR count). The molecule has 1 aliphatic heterocycles. The van der Waals surface area contributed by atoms with E-state index in [1.807, 2.05) is 24.5 Å². The van der Waals surface area contributed by atoms with Crippen LogP contribution in [0.25, 0.3) is 22.0 Å². The Hall–Kier alpha value is -3.65. The molecule has 1 aromatic carbocycles. The Morgan fingerprint density at radius 2 is 1.74 bits per heavy atom. The summed E-state index contributed by atoms with van der Waals surface area (Å²) in [5.41, 5.74) is 3.87. The van der Waals surface area contributed by atoms with Crippen LogP contribution in [0.1, 0.15) is 6.42 Å². The lowest BCUT2D eigenvalue weighted by atomic mass is 10.1. The van der Waals surface area contributed by atoms with Crippen molar-refractivity contribution < 1.29 is 0 Å². The van der Waals surface area contributed by atoms with E-state index < -0.39 is 0 Å². The van der Waals surface area contributed by atoms with Gasteiger partial charge in [0.1, 0.15) is 12.1 Å². The first kappa shape index (κ1) is 19.3. The maximum absolute atomic E-state index is 4.65. The van der Waals surface area contributed by atoms with Gasteiger partial charge in [0.15, 0.2) is 0 Å². The van der Waals surface area contributed by atoms with Crippen LogP contribution in [0, 0.1) is 0 Å². The fraction of sp³-hybridized carbons (Fsp3) is 0.261. The molecule has 1 saturated heterocycles. The summed E-state index contributed by atoms with van der Waals surface area (Å²) in [5.74, 6) is 1.55. The van der Waals surface area contributed by atoms with E-state index in [0.717, 1.165) is 72.1 Å². The number of hydrogen-bond donors (Lipinski definition) is 1. The van der Waals surface area contributed by atoms with Crippen LogP contribution >= 0.6 is 0 Å². The molecule has 1 N–H and O–H groups in total. The molecule has 4 aromatic rings. The molecule has 3 aromatic heterocycles. The fourth-order valence-electron chi connectivity index (χ4n) is 3.82. The highest BCUT2D eigenvalue weighted by molar-refractivity contribution is 5.94. The Morgan fingerprint density at radius 3 is 2.58 bits per heavy atom. The summed E-state index contributed by atoms with van der Waals surface area (Å²) in [6.45, 7) is 4.10. The van der Waals surface area contributed by atoms with Gasteiger partial charge in [-0.3, -0.25) is 4.98 Å². The largest absolute Gasteiger partial charge is 0.340 e. The van der Waals surface area contributed by atoms with E-state index in [-0.39, 0.29) is 0 Å². The third-order valence-electron chi connectivity index (χ3n) is 5.56. The van der Waals surface area contributed by atoms with Crippen molar-refractivity contribution in [2.75, 3.05) is 43.4 Å². The van der Waals surface area contributed by atoms with Crippen molar-refractivity contribution in [3.63, 3.8) is 0 Å². The molecule has 0 saturated carbocycles. The lowest BCUT2D eigenvalue weighted by molar-refractivity contribution is 0.360. The third-order valence-corrected chi connectivity index (χ3v) is 5.56. The zero-order chi connectivity index (χ0) is 21.0. The van der Waals surface area contributed by atoms with E-state index in [4.69, 9.17) is 0 Å². The molecule has 0 atom stereocenters. The van der Waals surface area contributed by atoms with Crippen molar-refractivity contribution in [3.05, 3.63) is 61.4 Å². The van der Waals surface area contributed by atoms with Crippen molar-refractivity contribution in [3.8, 4) is 11.1 Å². The first-order valence-corrected chi connectivity index (χ1v) is 10.4. The van der Waals surface area contributed by atoms with Crippen LogP contribution in [0.15, 0.2) is 61.4 Å². The number of likely N-dealkylation sites (N-methyl/N-ethyl adjacent to an activating group) is 1. The second kappa shape index (κ2) is 8.61. The van der Waals surface area contributed by atoms with Gasteiger partial charge >= 0.3 is 0 Å². The summed E-state index contributed by atoms with van der Waals surface area (Å²) in [6.07, 6.45) is 9.97. The molecule has 1 fully saturated rings. The number of benzene rings is 1. The Bertz CT molecular complexity index is 1160. The van der Waals surface area contributed by atoms with Crippen LogP contribution in [0.5, 0.6) is 0 Å². The van der Waals surface area contributed by atoms with Crippen LogP contribution in [-0.4, -0.2) is 63.0 Å². The molecule has 0 aliphatic carbocycles. The molecule has 0 radical (unpaired) electrons.